The molecule has 0 saturated heterocycles. The van der Waals surface area contributed by atoms with Gasteiger partial charge in [0.15, 0.2) is 0 Å². The van der Waals surface area contributed by atoms with E-state index in [2.05, 4.69) is 25.7 Å². The normalized spacial score (nSPS) is 9.33. The molecule has 0 unspecified atom stereocenters. The molecule has 2 heteroatoms. The molecule has 51 valence electrons. The number of hydrogen-bond acceptors (Lipinski definition) is 1. The van der Waals surface area contributed by atoms with Crippen LogP contribution in [-0.2, 0) is 0 Å². The number of rotatable bonds is 4. The second-order valence-electron chi connectivity index (χ2n) is 1.88. The predicted molar refractivity (Wildman–Crippen MR) is 44.9 cm³/mol. The van der Waals surface area contributed by atoms with Crippen LogP contribution in [0.25, 0.3) is 0 Å². The summed E-state index contributed by atoms with van der Waals surface area (Å²) in [5.41, 5.74) is 0. The molecule has 1 radical (unpaired) electrons. The first kappa shape index (κ1) is 12.6. The van der Waals surface area contributed by atoms with Gasteiger partial charge in [0.1, 0.15) is 0 Å². The van der Waals surface area contributed by atoms with Crippen molar-refractivity contribution in [1.29, 1.82) is 0 Å². The van der Waals surface area contributed by atoms with E-state index in [1.807, 2.05) is 0 Å². The van der Waals surface area contributed by atoms with Crippen LogP contribution in [-0.4, -0.2) is 54.1 Å². The molecule has 1 nitrogen and oxygen atoms in total. The molecule has 0 saturated carbocycles. The Bertz CT molecular complexity index is 44.2. The monoisotopic (exact) mass is 138 g/mol. The number of nitrogens with zero attached hydrogens (tertiary/aromatic N) is 1. The Balaban J connectivity index is 0. The molecule has 0 aromatic rings. The van der Waals surface area contributed by atoms with E-state index in [4.69, 9.17) is 0 Å². The molecule has 0 amide bonds. The van der Waals surface area contributed by atoms with Crippen LogP contribution >= 0.6 is 0 Å². The van der Waals surface area contributed by atoms with Crippen molar-refractivity contribution in [3.8, 4) is 0 Å². The summed E-state index contributed by atoms with van der Waals surface area (Å²) in [5.74, 6) is 0. The topological polar surface area (TPSA) is 3.24 Å². The van der Waals surface area contributed by atoms with Gasteiger partial charge in [-0.1, -0.05) is 20.8 Å². The van der Waals surface area contributed by atoms with Crippen molar-refractivity contribution in [3.05, 3.63) is 6.92 Å². The Morgan fingerprint density at radius 1 is 1.22 bits per heavy atom. The Kier molecular flexibility index (Phi) is 12.6. The molecule has 0 aromatic carbocycles. The van der Waals surface area contributed by atoms with E-state index in [0.717, 1.165) is 26.1 Å². The van der Waals surface area contributed by atoms with Crippen molar-refractivity contribution in [2.75, 3.05) is 19.6 Å². The van der Waals surface area contributed by atoms with Gasteiger partial charge in [0.2, 0.25) is 0 Å². The van der Waals surface area contributed by atoms with Gasteiger partial charge in [-0.15, -0.1) is 0 Å². The molecule has 0 N–H and O–H groups in total. The van der Waals surface area contributed by atoms with Gasteiger partial charge < -0.3 is 4.90 Å². The van der Waals surface area contributed by atoms with E-state index in [1.54, 1.807) is 0 Å². The minimum absolute atomic E-state index is 0. The first-order valence-electron chi connectivity index (χ1n) is 3.36. The zero-order valence-corrected chi connectivity index (χ0v) is 5.98. The van der Waals surface area contributed by atoms with Crippen LogP contribution in [0.2, 0.25) is 0 Å². The van der Waals surface area contributed by atoms with Crippen LogP contribution in [0.3, 0.4) is 0 Å². The molecule has 0 fully saturated rings. The molecule has 0 heterocycles. The van der Waals surface area contributed by atoms with E-state index >= 15 is 0 Å². The maximum absolute atomic E-state index is 3.78. The molecule has 9 heavy (non-hydrogen) atoms. The van der Waals surface area contributed by atoms with Gasteiger partial charge in [-0.2, -0.15) is 0 Å². The van der Waals surface area contributed by atoms with Gasteiger partial charge in [-0.05, 0) is 26.1 Å². The summed E-state index contributed by atoms with van der Waals surface area (Å²) < 4.78 is 0. The Labute approximate surface area is 81.1 Å². The molecular formula is C7H17NNa. The Hall–Kier alpha value is 0.960. The third kappa shape index (κ3) is 6.85. The second-order valence-corrected chi connectivity index (χ2v) is 1.88. The summed E-state index contributed by atoms with van der Waals surface area (Å²) in [4.78, 5) is 2.37. The molecule has 0 spiro atoms. The molecule has 0 aromatic heterocycles. The predicted octanol–water partition coefficient (Wildman–Crippen LogP) is 0.904. The average Bonchev–Trinajstić information content (AvgIpc) is 1.83. The zero-order valence-electron chi connectivity index (χ0n) is 5.98. The van der Waals surface area contributed by atoms with Crippen molar-refractivity contribution >= 4 is 29.6 Å². The molecule has 0 bridgehead atoms. The van der Waals surface area contributed by atoms with Crippen molar-refractivity contribution in [2.45, 2.75) is 20.3 Å². The fourth-order valence-electron chi connectivity index (χ4n) is 0.763. The van der Waals surface area contributed by atoms with E-state index < -0.39 is 0 Å². The molecule has 0 aliphatic rings. The van der Waals surface area contributed by atoms with E-state index in [9.17, 15) is 0 Å². The standard InChI is InChI=1S/C7H16N.Na.H/c1-4-7-8(5-2)6-3;;/h1,4-7H2,2-3H3;;. The zero-order chi connectivity index (χ0) is 6.41. The van der Waals surface area contributed by atoms with Crippen LogP contribution in [0, 0.1) is 6.92 Å². The van der Waals surface area contributed by atoms with Crippen molar-refractivity contribution < 1.29 is 0 Å². The summed E-state index contributed by atoms with van der Waals surface area (Å²) in [6, 6.07) is 0. The fourth-order valence-corrected chi connectivity index (χ4v) is 0.763. The molecule has 0 rings (SSSR count). The molecule has 0 aliphatic carbocycles. The average molecular weight is 138 g/mol. The molecular weight excluding hydrogens is 121 g/mol. The van der Waals surface area contributed by atoms with E-state index in [1.165, 1.54) is 0 Å². The summed E-state index contributed by atoms with van der Waals surface area (Å²) in [6.07, 6.45) is 1.03. The summed E-state index contributed by atoms with van der Waals surface area (Å²) in [6.45, 7) is 11.6. The van der Waals surface area contributed by atoms with Crippen molar-refractivity contribution in [2.24, 2.45) is 0 Å². The third-order valence-electron chi connectivity index (χ3n) is 1.37. The van der Waals surface area contributed by atoms with Crippen molar-refractivity contribution in [1.82, 2.24) is 4.90 Å². The minimum atomic E-state index is 0. The second kappa shape index (κ2) is 8.96. The van der Waals surface area contributed by atoms with Crippen LogP contribution in [0.4, 0.5) is 0 Å². The molecule has 0 aliphatic heterocycles. The van der Waals surface area contributed by atoms with Gasteiger partial charge in [0.25, 0.3) is 0 Å². The SMILES string of the molecule is [CH2]CCN(CC)CC.[NaH]. The summed E-state index contributed by atoms with van der Waals surface area (Å²) in [5, 5.41) is 0. The fraction of sp³-hybridized carbons (Fsp3) is 0.857. The van der Waals surface area contributed by atoms with Crippen LogP contribution in [0.15, 0.2) is 0 Å². The first-order chi connectivity index (χ1) is 3.85. The quantitative estimate of drug-likeness (QED) is 0.522. The van der Waals surface area contributed by atoms with Crippen molar-refractivity contribution in [3.63, 3.8) is 0 Å². The summed E-state index contributed by atoms with van der Waals surface area (Å²) >= 11 is 0. The first-order valence-corrected chi connectivity index (χ1v) is 3.36. The summed E-state index contributed by atoms with van der Waals surface area (Å²) in [7, 11) is 0. The van der Waals surface area contributed by atoms with Gasteiger partial charge in [-0.3, -0.25) is 0 Å². The van der Waals surface area contributed by atoms with Gasteiger partial charge in [0, 0.05) is 0 Å². The number of hydrogen-bond donors (Lipinski definition) is 0. The maximum atomic E-state index is 3.78. The molecule has 0 atom stereocenters. The Morgan fingerprint density at radius 3 is 1.78 bits per heavy atom. The van der Waals surface area contributed by atoms with E-state index in [0.29, 0.717) is 0 Å². The van der Waals surface area contributed by atoms with Gasteiger partial charge in [-0.25, -0.2) is 0 Å². The van der Waals surface area contributed by atoms with Crippen LogP contribution in [0.5, 0.6) is 0 Å². The van der Waals surface area contributed by atoms with Crippen LogP contribution < -0.4 is 0 Å². The Morgan fingerprint density at radius 2 is 1.67 bits per heavy atom. The van der Waals surface area contributed by atoms with Gasteiger partial charge in [0.05, 0.1) is 0 Å². The van der Waals surface area contributed by atoms with Crippen LogP contribution in [0.1, 0.15) is 20.3 Å². The third-order valence-corrected chi connectivity index (χ3v) is 1.37. The van der Waals surface area contributed by atoms with E-state index in [-0.39, 0.29) is 29.6 Å². The van der Waals surface area contributed by atoms with Gasteiger partial charge >= 0.3 is 29.6 Å².